The molecule has 0 saturated heterocycles. The summed E-state index contributed by atoms with van der Waals surface area (Å²) in [6.07, 6.45) is 0. The van der Waals surface area contributed by atoms with Crippen molar-refractivity contribution >= 4 is 5.69 Å². The molecule has 1 N–H and O–H groups in total. The van der Waals surface area contributed by atoms with Gasteiger partial charge in [-0.25, -0.2) is 4.68 Å². The number of anilines is 1. The number of aryl methyl sites for hydroxylation is 1. The summed E-state index contributed by atoms with van der Waals surface area (Å²) in [4.78, 5) is 13.2. The number of aromatic nitrogens is 1. The first-order valence-corrected chi connectivity index (χ1v) is 8.27. The van der Waals surface area contributed by atoms with Crippen molar-refractivity contribution in [1.29, 1.82) is 0 Å². The van der Waals surface area contributed by atoms with Crippen LogP contribution < -0.4 is 11.0 Å². The molecule has 0 bridgehead atoms. The molecule has 0 spiro atoms. The summed E-state index contributed by atoms with van der Waals surface area (Å²) < 4.78 is 1.63. The molecule has 1 heterocycles. The Kier molecular flexibility index (Phi) is 3.82. The third-order valence-corrected chi connectivity index (χ3v) is 4.30. The zero-order valence-corrected chi connectivity index (χ0v) is 13.9. The highest BCUT2D eigenvalue weighted by atomic mass is 16.1. The molecule has 0 atom stereocenters. The highest BCUT2D eigenvalue weighted by Crippen LogP contribution is 2.31. The summed E-state index contributed by atoms with van der Waals surface area (Å²) >= 11 is 0. The lowest BCUT2D eigenvalue weighted by Crippen LogP contribution is -2.23. The first kappa shape index (κ1) is 15.2. The maximum Gasteiger partial charge on any atom is 0.278 e. The molecule has 122 valence electrons. The SMILES string of the molecule is Cc1ccc(Nn2c3cccccc-3c(-c3ccccc3)c2=O)cc1. The number of hydrogen-bond donors (Lipinski definition) is 1. The topological polar surface area (TPSA) is 34.0 Å². The van der Waals surface area contributed by atoms with Gasteiger partial charge < -0.3 is 0 Å². The maximum absolute atomic E-state index is 13.2. The minimum absolute atomic E-state index is 0.0482. The van der Waals surface area contributed by atoms with E-state index in [4.69, 9.17) is 0 Å². The molecule has 0 saturated carbocycles. The lowest BCUT2D eigenvalue weighted by Gasteiger charge is -2.09. The molecule has 1 aliphatic carbocycles. The van der Waals surface area contributed by atoms with Crippen LogP contribution in [-0.2, 0) is 0 Å². The molecule has 1 aliphatic heterocycles. The van der Waals surface area contributed by atoms with E-state index in [1.807, 2.05) is 91.9 Å². The maximum atomic E-state index is 13.2. The number of benzene rings is 2. The first-order valence-electron chi connectivity index (χ1n) is 8.27. The van der Waals surface area contributed by atoms with E-state index < -0.39 is 0 Å². The fraction of sp³-hybridized carbons (Fsp3) is 0.0455. The third kappa shape index (κ3) is 2.81. The third-order valence-electron chi connectivity index (χ3n) is 4.30. The second kappa shape index (κ2) is 6.29. The summed E-state index contributed by atoms with van der Waals surface area (Å²) in [5.41, 5.74) is 8.69. The molecule has 2 aliphatic rings. The van der Waals surface area contributed by atoms with Crippen LogP contribution in [0.15, 0.2) is 89.7 Å². The van der Waals surface area contributed by atoms with Gasteiger partial charge in [-0.2, -0.15) is 0 Å². The van der Waals surface area contributed by atoms with Crippen molar-refractivity contribution in [1.82, 2.24) is 4.68 Å². The highest BCUT2D eigenvalue weighted by molar-refractivity contribution is 5.84. The average molecular weight is 326 g/mol. The van der Waals surface area contributed by atoms with Crippen LogP contribution in [0.25, 0.3) is 22.4 Å². The number of rotatable bonds is 3. The van der Waals surface area contributed by atoms with Gasteiger partial charge in [-0.3, -0.25) is 10.2 Å². The van der Waals surface area contributed by atoms with Crippen LogP contribution in [0.5, 0.6) is 0 Å². The minimum Gasteiger partial charge on any atom is -0.291 e. The highest BCUT2D eigenvalue weighted by Gasteiger charge is 2.20. The van der Waals surface area contributed by atoms with Gasteiger partial charge in [0.25, 0.3) is 5.56 Å². The van der Waals surface area contributed by atoms with Gasteiger partial charge in [-0.15, -0.1) is 0 Å². The normalized spacial score (nSPS) is 10.8. The molecule has 0 amide bonds. The lowest BCUT2D eigenvalue weighted by atomic mass is 10.0. The molecule has 25 heavy (non-hydrogen) atoms. The smallest absolute Gasteiger partial charge is 0.278 e. The van der Waals surface area contributed by atoms with Crippen molar-refractivity contribution < 1.29 is 0 Å². The zero-order valence-electron chi connectivity index (χ0n) is 13.9. The molecular weight excluding hydrogens is 308 g/mol. The van der Waals surface area contributed by atoms with Gasteiger partial charge in [0.15, 0.2) is 0 Å². The number of fused-ring (bicyclic) bond motifs is 1. The van der Waals surface area contributed by atoms with E-state index in [1.165, 1.54) is 5.56 Å². The molecule has 2 aromatic carbocycles. The van der Waals surface area contributed by atoms with Gasteiger partial charge in [-0.05, 0) is 30.7 Å². The van der Waals surface area contributed by atoms with Crippen LogP contribution in [0.2, 0.25) is 0 Å². The molecule has 3 nitrogen and oxygen atoms in total. The van der Waals surface area contributed by atoms with Crippen LogP contribution in [0.1, 0.15) is 5.56 Å². The zero-order chi connectivity index (χ0) is 17.2. The predicted octanol–water partition coefficient (Wildman–Crippen LogP) is 4.80. The Hall–Kier alpha value is -3.33. The summed E-state index contributed by atoms with van der Waals surface area (Å²) in [5.74, 6) is 0. The molecule has 4 rings (SSSR count). The molecule has 0 unspecified atom stereocenters. The summed E-state index contributed by atoms with van der Waals surface area (Å²) in [6, 6.07) is 27.6. The largest absolute Gasteiger partial charge is 0.291 e. The number of nitrogens with zero attached hydrogens (tertiary/aromatic N) is 1. The van der Waals surface area contributed by atoms with Crippen molar-refractivity contribution in [3.8, 4) is 22.4 Å². The van der Waals surface area contributed by atoms with Gasteiger partial charge >= 0.3 is 0 Å². The van der Waals surface area contributed by atoms with E-state index in [0.717, 1.165) is 22.5 Å². The van der Waals surface area contributed by atoms with Crippen molar-refractivity contribution in [2.45, 2.75) is 6.92 Å². The van der Waals surface area contributed by atoms with E-state index in [-0.39, 0.29) is 5.56 Å². The molecule has 2 aromatic rings. The van der Waals surface area contributed by atoms with E-state index in [1.54, 1.807) is 4.68 Å². The average Bonchev–Trinajstić information content (AvgIpc) is 2.79. The lowest BCUT2D eigenvalue weighted by molar-refractivity contribution is 0.940. The number of hydrogen-bond acceptors (Lipinski definition) is 2. The quantitative estimate of drug-likeness (QED) is 0.586. The Labute approximate surface area is 146 Å². The van der Waals surface area contributed by atoms with Crippen LogP contribution in [0.4, 0.5) is 5.69 Å². The summed E-state index contributed by atoms with van der Waals surface area (Å²) in [6.45, 7) is 2.04. The Morgan fingerprint density at radius 2 is 1.40 bits per heavy atom. The minimum atomic E-state index is -0.0482. The monoisotopic (exact) mass is 326 g/mol. The number of nitrogens with one attached hydrogen (secondary N) is 1. The second-order valence-electron chi connectivity index (χ2n) is 6.07. The van der Waals surface area contributed by atoms with Gasteiger partial charge in [0.05, 0.1) is 16.9 Å². The van der Waals surface area contributed by atoms with Crippen molar-refractivity contribution in [2.24, 2.45) is 0 Å². The molecule has 0 aromatic heterocycles. The van der Waals surface area contributed by atoms with Crippen molar-refractivity contribution in [3.05, 3.63) is 101 Å². The van der Waals surface area contributed by atoms with Gasteiger partial charge in [0, 0.05) is 5.56 Å². The Morgan fingerprint density at radius 1 is 0.760 bits per heavy atom. The fourth-order valence-electron chi connectivity index (χ4n) is 3.03. The predicted molar refractivity (Wildman–Crippen MR) is 103 cm³/mol. The van der Waals surface area contributed by atoms with Gasteiger partial charge in [0.1, 0.15) is 0 Å². The molecule has 3 heteroatoms. The Morgan fingerprint density at radius 3 is 2.12 bits per heavy atom. The molecular formula is C22H18N2O. The van der Waals surface area contributed by atoms with E-state index >= 15 is 0 Å². The van der Waals surface area contributed by atoms with E-state index in [9.17, 15) is 4.79 Å². The summed E-state index contributed by atoms with van der Waals surface area (Å²) in [7, 11) is 0. The van der Waals surface area contributed by atoms with Crippen LogP contribution in [-0.4, -0.2) is 4.68 Å². The Bertz CT molecular complexity index is 1030. The van der Waals surface area contributed by atoms with Crippen molar-refractivity contribution in [2.75, 3.05) is 5.43 Å². The van der Waals surface area contributed by atoms with Crippen LogP contribution >= 0.6 is 0 Å². The van der Waals surface area contributed by atoms with Crippen molar-refractivity contribution in [3.63, 3.8) is 0 Å². The van der Waals surface area contributed by atoms with Gasteiger partial charge in [-0.1, -0.05) is 72.3 Å². The van der Waals surface area contributed by atoms with E-state index in [0.29, 0.717) is 5.56 Å². The van der Waals surface area contributed by atoms with Gasteiger partial charge in [0.2, 0.25) is 0 Å². The summed E-state index contributed by atoms with van der Waals surface area (Å²) in [5, 5.41) is 0. The fourth-order valence-corrected chi connectivity index (χ4v) is 3.03. The molecule has 0 radical (unpaired) electrons. The standard InChI is InChI=1S/C22H18N2O/c1-16-12-14-18(15-13-16)23-24-20-11-7-3-6-10-19(20)21(22(24)25)17-8-4-2-5-9-17/h2-15,23H,1H3. The Balaban J connectivity index is 1.92. The molecule has 0 fully saturated rings. The van der Waals surface area contributed by atoms with Crippen LogP contribution in [0.3, 0.4) is 0 Å². The first-order chi connectivity index (χ1) is 12.2. The second-order valence-corrected chi connectivity index (χ2v) is 6.07. The van der Waals surface area contributed by atoms with E-state index in [2.05, 4.69) is 5.43 Å². The van der Waals surface area contributed by atoms with Crippen LogP contribution in [0, 0.1) is 6.92 Å².